The first-order valence-corrected chi connectivity index (χ1v) is 4.95. The van der Waals surface area contributed by atoms with Crippen LogP contribution in [-0.4, -0.2) is 11.0 Å². The van der Waals surface area contributed by atoms with Crippen molar-refractivity contribution in [3.8, 4) is 0 Å². The van der Waals surface area contributed by atoms with Crippen molar-refractivity contribution in [3.05, 3.63) is 0 Å². The lowest BCUT2D eigenvalue weighted by atomic mass is 10.00. The summed E-state index contributed by atoms with van der Waals surface area (Å²) in [6, 6.07) is 0. The minimum atomic E-state index is 0.885. The molecule has 0 aromatic heterocycles. The first-order chi connectivity index (χ1) is 4.29. The molecule has 1 saturated carbocycles. The molecule has 1 aliphatic carbocycles. The van der Waals surface area contributed by atoms with E-state index in [0.717, 1.165) is 11.2 Å². The van der Waals surface area contributed by atoms with Crippen molar-refractivity contribution < 1.29 is 0 Å². The molecule has 0 saturated heterocycles. The van der Waals surface area contributed by atoms with Crippen LogP contribution in [0.1, 0.15) is 33.1 Å². The van der Waals surface area contributed by atoms with Crippen molar-refractivity contribution in [2.75, 3.05) is 5.75 Å². The maximum atomic E-state index is 2.30. The first kappa shape index (κ1) is 7.46. The molecule has 0 unspecified atom stereocenters. The Balaban J connectivity index is 1.91. The van der Waals surface area contributed by atoms with Gasteiger partial charge in [-0.25, -0.2) is 0 Å². The van der Waals surface area contributed by atoms with Crippen LogP contribution in [0.4, 0.5) is 0 Å². The van der Waals surface area contributed by atoms with E-state index < -0.39 is 0 Å². The number of rotatable bonds is 3. The fourth-order valence-electron chi connectivity index (χ4n) is 0.866. The minimum absolute atomic E-state index is 0.885. The van der Waals surface area contributed by atoms with E-state index in [4.69, 9.17) is 0 Å². The zero-order chi connectivity index (χ0) is 6.69. The van der Waals surface area contributed by atoms with Gasteiger partial charge in [-0.05, 0) is 24.5 Å². The molecule has 0 atom stereocenters. The summed E-state index contributed by atoms with van der Waals surface area (Å²) in [5.74, 6) is 2.25. The van der Waals surface area contributed by atoms with Crippen LogP contribution in [-0.2, 0) is 0 Å². The fraction of sp³-hybridized carbons (Fsp3) is 1.00. The third-order valence-electron chi connectivity index (χ3n) is 1.72. The third-order valence-corrected chi connectivity index (χ3v) is 3.52. The third kappa shape index (κ3) is 2.61. The van der Waals surface area contributed by atoms with Gasteiger partial charge in [-0.15, -0.1) is 0 Å². The van der Waals surface area contributed by atoms with Crippen molar-refractivity contribution in [1.82, 2.24) is 0 Å². The molecule has 0 radical (unpaired) electrons. The second-order valence-electron chi connectivity index (χ2n) is 3.28. The van der Waals surface area contributed by atoms with Crippen LogP contribution in [0.5, 0.6) is 0 Å². The Kier molecular flexibility index (Phi) is 2.90. The number of hydrogen-bond acceptors (Lipinski definition) is 1. The maximum Gasteiger partial charge on any atom is 0.00471 e. The largest absolute Gasteiger partial charge is 0.158 e. The summed E-state index contributed by atoms with van der Waals surface area (Å²) in [4.78, 5) is 0. The van der Waals surface area contributed by atoms with Gasteiger partial charge in [0, 0.05) is 5.25 Å². The topological polar surface area (TPSA) is 0 Å². The summed E-state index contributed by atoms with van der Waals surface area (Å²) in [6.07, 6.45) is 4.45. The average Bonchev–Trinajstić information content (AvgIpc) is 1.60. The highest BCUT2D eigenvalue weighted by molar-refractivity contribution is 7.99. The molecule has 1 heteroatoms. The van der Waals surface area contributed by atoms with Crippen molar-refractivity contribution >= 4 is 11.8 Å². The van der Waals surface area contributed by atoms with E-state index in [-0.39, 0.29) is 0 Å². The highest BCUT2D eigenvalue weighted by Gasteiger charge is 2.17. The van der Waals surface area contributed by atoms with Gasteiger partial charge in [0.1, 0.15) is 0 Å². The van der Waals surface area contributed by atoms with Gasteiger partial charge in [0.15, 0.2) is 0 Å². The molecular formula is C8H16S. The number of hydrogen-bond donors (Lipinski definition) is 0. The Bertz CT molecular complexity index is 74.6. The minimum Gasteiger partial charge on any atom is -0.158 e. The van der Waals surface area contributed by atoms with Crippen LogP contribution >= 0.6 is 11.8 Å². The van der Waals surface area contributed by atoms with Crippen LogP contribution in [0.25, 0.3) is 0 Å². The van der Waals surface area contributed by atoms with Crippen LogP contribution in [0.15, 0.2) is 0 Å². The Labute approximate surface area is 62.4 Å². The van der Waals surface area contributed by atoms with Crippen molar-refractivity contribution in [1.29, 1.82) is 0 Å². The molecule has 0 aromatic carbocycles. The molecule has 9 heavy (non-hydrogen) atoms. The quantitative estimate of drug-likeness (QED) is 0.587. The highest BCUT2D eigenvalue weighted by atomic mass is 32.2. The summed E-state index contributed by atoms with van der Waals surface area (Å²) in [5, 5.41) is 1.03. The standard InChI is InChI=1S/C8H16S/c1-7(2)6-9-8-4-3-5-8/h7-8H,3-6H2,1-2H3. The molecule has 1 rings (SSSR count). The molecule has 1 fully saturated rings. The zero-order valence-corrected chi connectivity index (χ0v) is 7.21. The predicted molar refractivity (Wildman–Crippen MR) is 44.9 cm³/mol. The Morgan fingerprint density at radius 1 is 1.44 bits per heavy atom. The monoisotopic (exact) mass is 144 g/mol. The molecule has 54 valence electrons. The molecular weight excluding hydrogens is 128 g/mol. The lowest BCUT2D eigenvalue weighted by Crippen LogP contribution is -2.14. The van der Waals surface area contributed by atoms with Gasteiger partial charge in [0.05, 0.1) is 0 Å². The molecule has 0 bridgehead atoms. The first-order valence-electron chi connectivity index (χ1n) is 3.90. The van der Waals surface area contributed by atoms with Crippen LogP contribution in [0.2, 0.25) is 0 Å². The van der Waals surface area contributed by atoms with E-state index in [1.165, 1.54) is 25.0 Å². The molecule has 1 aliphatic rings. The molecule has 0 heterocycles. The summed E-state index contributed by atoms with van der Waals surface area (Å²) in [6.45, 7) is 4.59. The molecule has 0 spiro atoms. The fourth-order valence-corrected chi connectivity index (χ4v) is 2.19. The van der Waals surface area contributed by atoms with Crippen molar-refractivity contribution in [3.63, 3.8) is 0 Å². The Morgan fingerprint density at radius 2 is 2.11 bits per heavy atom. The van der Waals surface area contributed by atoms with Crippen LogP contribution in [0, 0.1) is 5.92 Å². The Morgan fingerprint density at radius 3 is 2.44 bits per heavy atom. The zero-order valence-electron chi connectivity index (χ0n) is 6.39. The van der Waals surface area contributed by atoms with Crippen LogP contribution < -0.4 is 0 Å². The molecule has 0 amide bonds. The summed E-state index contributed by atoms with van der Waals surface area (Å²) in [7, 11) is 0. The number of thioether (sulfide) groups is 1. The summed E-state index contributed by atoms with van der Waals surface area (Å²) >= 11 is 2.17. The molecule has 0 nitrogen and oxygen atoms in total. The van der Waals surface area contributed by atoms with Gasteiger partial charge in [0.25, 0.3) is 0 Å². The highest BCUT2D eigenvalue weighted by Crippen LogP contribution is 2.31. The van der Waals surface area contributed by atoms with E-state index in [0.29, 0.717) is 0 Å². The lowest BCUT2D eigenvalue weighted by Gasteiger charge is -2.25. The summed E-state index contributed by atoms with van der Waals surface area (Å²) < 4.78 is 0. The van der Waals surface area contributed by atoms with Gasteiger partial charge in [0.2, 0.25) is 0 Å². The molecule has 0 aliphatic heterocycles. The van der Waals surface area contributed by atoms with Crippen LogP contribution in [0.3, 0.4) is 0 Å². The van der Waals surface area contributed by atoms with Gasteiger partial charge in [-0.2, -0.15) is 11.8 Å². The summed E-state index contributed by atoms with van der Waals surface area (Å²) in [5.41, 5.74) is 0. The second kappa shape index (κ2) is 3.50. The normalized spacial score (nSPS) is 20.3. The van der Waals surface area contributed by atoms with E-state index in [1.54, 1.807) is 0 Å². The second-order valence-corrected chi connectivity index (χ2v) is 4.61. The van der Waals surface area contributed by atoms with E-state index in [2.05, 4.69) is 25.6 Å². The lowest BCUT2D eigenvalue weighted by molar-refractivity contribution is 0.520. The SMILES string of the molecule is CC(C)CSC1CCC1. The predicted octanol–water partition coefficient (Wildman–Crippen LogP) is 2.93. The van der Waals surface area contributed by atoms with Crippen molar-refractivity contribution in [2.24, 2.45) is 5.92 Å². The van der Waals surface area contributed by atoms with Crippen molar-refractivity contribution in [2.45, 2.75) is 38.4 Å². The van der Waals surface area contributed by atoms with Gasteiger partial charge in [-0.1, -0.05) is 20.3 Å². The molecule has 0 N–H and O–H groups in total. The van der Waals surface area contributed by atoms with Gasteiger partial charge >= 0.3 is 0 Å². The van der Waals surface area contributed by atoms with Gasteiger partial charge in [-0.3, -0.25) is 0 Å². The maximum absolute atomic E-state index is 2.30. The Hall–Kier alpha value is 0.350. The van der Waals surface area contributed by atoms with E-state index in [1.807, 2.05) is 0 Å². The van der Waals surface area contributed by atoms with Gasteiger partial charge < -0.3 is 0 Å². The molecule has 0 aromatic rings. The smallest absolute Gasteiger partial charge is 0.00471 e. The van der Waals surface area contributed by atoms with E-state index in [9.17, 15) is 0 Å². The average molecular weight is 144 g/mol. The van der Waals surface area contributed by atoms with E-state index >= 15 is 0 Å².